The Hall–Kier alpha value is -4.37. The fourth-order valence-corrected chi connectivity index (χ4v) is 5.60. The van der Waals surface area contributed by atoms with Crippen LogP contribution < -0.4 is 16.0 Å². The molecule has 3 heterocycles. The normalized spacial score (nSPS) is 11.2. The number of Topliss-reactive ketones (excluding diaryl/α,β-unsaturated/α-hetero) is 1. The van der Waals surface area contributed by atoms with Gasteiger partial charge in [0.05, 0.1) is 11.4 Å². The number of benzene rings is 2. The molecule has 0 atom stereocenters. The van der Waals surface area contributed by atoms with Crippen molar-refractivity contribution < 1.29 is 18.8 Å². The van der Waals surface area contributed by atoms with E-state index >= 15 is 0 Å². The molecule has 0 amide bonds. The number of aryl methyl sites for hydroxylation is 3. The first kappa shape index (κ1) is 24.3. The van der Waals surface area contributed by atoms with Gasteiger partial charge in [0.1, 0.15) is 9.71 Å². The molecule has 9 heteroatoms. The molecule has 0 aliphatic rings. The van der Waals surface area contributed by atoms with Crippen molar-refractivity contribution in [1.29, 1.82) is 0 Å². The largest absolute Gasteiger partial charge is 0.439 e. The van der Waals surface area contributed by atoms with Crippen molar-refractivity contribution >= 4 is 38.8 Å². The molecular weight excluding hydrogens is 488 g/mol. The van der Waals surface area contributed by atoms with E-state index in [1.807, 2.05) is 43.3 Å². The summed E-state index contributed by atoms with van der Waals surface area (Å²) in [5.41, 5.74) is 10.9. The van der Waals surface area contributed by atoms with Gasteiger partial charge in [-0.05, 0) is 48.3 Å². The number of carbonyl (C=O) groups excluding carboxylic acids is 2. The lowest BCUT2D eigenvalue weighted by Gasteiger charge is -2.13. The Bertz CT molecular complexity index is 1740. The fourth-order valence-electron chi connectivity index (χ4n) is 4.51. The van der Waals surface area contributed by atoms with Crippen LogP contribution in [0.1, 0.15) is 56.4 Å². The number of carbonyl (C=O) groups is 2. The standard InChI is InChI=1S/C28H24N4O4S/c1-5-17-8-10-18(11-9-17)21-20(16(4)33)15(3)30-27-22(21)23(29)26(37-27)25(34)24-28(35)36-31-32(24)19-12-6-14(2)7-13-19/h6-13H,5H2,1-4H3,(H2-,29,31,34,35)/p+1. The molecule has 0 fully saturated rings. The van der Waals surface area contributed by atoms with Gasteiger partial charge in [-0.1, -0.05) is 48.9 Å². The molecule has 0 unspecified atom stereocenters. The third-order valence-corrected chi connectivity index (χ3v) is 7.52. The van der Waals surface area contributed by atoms with Gasteiger partial charge in [0.2, 0.25) is 5.69 Å². The zero-order valence-corrected chi connectivity index (χ0v) is 21.7. The SMILES string of the molecule is CCc1ccc(-c2c(C(C)=O)c(C)nc3sc(C(=O)c4c(=O)o[nH][n+]4-c4ccc(C)cc4)c(N)c23)cc1. The Morgan fingerprint density at radius 1 is 1.08 bits per heavy atom. The summed E-state index contributed by atoms with van der Waals surface area (Å²) >= 11 is 1.09. The minimum absolute atomic E-state index is 0.150. The van der Waals surface area contributed by atoms with Gasteiger partial charge in [-0.3, -0.25) is 14.1 Å². The molecule has 186 valence electrons. The Morgan fingerprint density at radius 2 is 1.76 bits per heavy atom. The van der Waals surface area contributed by atoms with E-state index < -0.39 is 11.4 Å². The summed E-state index contributed by atoms with van der Waals surface area (Å²) in [6, 6.07) is 15.2. The van der Waals surface area contributed by atoms with Crippen molar-refractivity contribution in [2.75, 3.05) is 5.73 Å². The predicted molar refractivity (Wildman–Crippen MR) is 143 cm³/mol. The quantitative estimate of drug-likeness (QED) is 0.250. The molecule has 0 spiro atoms. The van der Waals surface area contributed by atoms with Crippen molar-refractivity contribution in [1.82, 2.24) is 10.3 Å². The molecule has 0 bridgehead atoms. The second-order valence-corrected chi connectivity index (χ2v) is 9.91. The van der Waals surface area contributed by atoms with Crippen LogP contribution in [0, 0.1) is 13.8 Å². The lowest BCUT2D eigenvalue weighted by molar-refractivity contribution is -0.672. The molecule has 2 aromatic carbocycles. The zero-order valence-electron chi connectivity index (χ0n) is 20.8. The van der Waals surface area contributed by atoms with Crippen LogP contribution in [-0.4, -0.2) is 21.8 Å². The minimum Gasteiger partial charge on any atom is -0.397 e. The number of nitrogens with two attached hydrogens (primary N) is 1. The first-order valence-corrected chi connectivity index (χ1v) is 12.6. The van der Waals surface area contributed by atoms with Crippen LogP contribution in [0.3, 0.4) is 0 Å². The number of anilines is 1. The van der Waals surface area contributed by atoms with Crippen LogP contribution in [-0.2, 0) is 6.42 Å². The Morgan fingerprint density at radius 3 is 2.38 bits per heavy atom. The first-order valence-electron chi connectivity index (χ1n) is 11.8. The molecule has 3 N–H and O–H groups in total. The highest BCUT2D eigenvalue weighted by Crippen LogP contribution is 2.42. The van der Waals surface area contributed by atoms with Gasteiger partial charge >= 0.3 is 11.3 Å². The van der Waals surface area contributed by atoms with Crippen LogP contribution in [0.4, 0.5) is 5.69 Å². The lowest BCUT2D eigenvalue weighted by atomic mass is 9.92. The molecule has 0 radical (unpaired) electrons. The average Bonchev–Trinajstić information content (AvgIpc) is 3.42. The topological polar surface area (TPSA) is 123 Å². The van der Waals surface area contributed by atoms with E-state index in [0.717, 1.165) is 34.4 Å². The van der Waals surface area contributed by atoms with E-state index in [2.05, 4.69) is 17.2 Å². The highest BCUT2D eigenvalue weighted by molar-refractivity contribution is 7.21. The van der Waals surface area contributed by atoms with Crippen LogP contribution >= 0.6 is 11.3 Å². The smallest absolute Gasteiger partial charge is 0.397 e. The number of thiophene rings is 1. The number of hydrogen-bond acceptors (Lipinski definition) is 7. The van der Waals surface area contributed by atoms with Crippen molar-refractivity contribution in [3.05, 3.63) is 91.9 Å². The van der Waals surface area contributed by atoms with Gasteiger partial charge in [-0.15, -0.1) is 11.3 Å². The lowest BCUT2D eigenvalue weighted by Crippen LogP contribution is -2.41. The highest BCUT2D eigenvalue weighted by atomic mass is 32.1. The number of nitrogen functional groups attached to an aromatic ring is 1. The molecule has 37 heavy (non-hydrogen) atoms. The highest BCUT2D eigenvalue weighted by Gasteiger charge is 2.35. The van der Waals surface area contributed by atoms with Crippen LogP contribution in [0.2, 0.25) is 0 Å². The number of H-pyrrole nitrogens is 1. The van der Waals surface area contributed by atoms with Gasteiger partial charge in [-0.2, -0.15) is 0 Å². The minimum atomic E-state index is -0.814. The summed E-state index contributed by atoms with van der Waals surface area (Å²) in [6.45, 7) is 7.27. The maximum absolute atomic E-state index is 13.7. The second kappa shape index (κ2) is 9.25. The van der Waals surface area contributed by atoms with Gasteiger partial charge in [-0.25, -0.2) is 9.78 Å². The molecule has 5 aromatic rings. The number of rotatable bonds is 6. The van der Waals surface area contributed by atoms with E-state index in [9.17, 15) is 14.4 Å². The monoisotopic (exact) mass is 513 g/mol. The van der Waals surface area contributed by atoms with Crippen LogP contribution in [0.5, 0.6) is 0 Å². The summed E-state index contributed by atoms with van der Waals surface area (Å²) in [5, 5.41) is 3.03. The van der Waals surface area contributed by atoms with Gasteiger partial charge in [0.25, 0.3) is 5.78 Å². The van der Waals surface area contributed by atoms with Gasteiger partial charge < -0.3 is 5.73 Å². The number of aromatic nitrogens is 3. The number of nitrogens with zero attached hydrogens (tertiary/aromatic N) is 2. The van der Waals surface area contributed by atoms with Crippen molar-refractivity contribution in [3.63, 3.8) is 0 Å². The third kappa shape index (κ3) is 4.07. The third-order valence-electron chi connectivity index (χ3n) is 6.42. The number of hydrogen-bond donors (Lipinski definition) is 2. The van der Waals surface area contributed by atoms with E-state index in [0.29, 0.717) is 32.7 Å². The van der Waals surface area contributed by atoms with Crippen molar-refractivity contribution in [2.45, 2.75) is 34.1 Å². The first-order chi connectivity index (χ1) is 17.7. The zero-order chi connectivity index (χ0) is 26.4. The molecule has 5 rings (SSSR count). The Balaban J connectivity index is 1.75. The molecule has 0 aliphatic carbocycles. The van der Waals surface area contributed by atoms with Crippen molar-refractivity contribution in [3.8, 4) is 16.8 Å². The molecule has 8 nitrogen and oxygen atoms in total. The summed E-state index contributed by atoms with van der Waals surface area (Å²) in [4.78, 5) is 44.4. The van der Waals surface area contributed by atoms with Gasteiger partial charge in [0, 0.05) is 28.6 Å². The van der Waals surface area contributed by atoms with E-state index in [1.165, 1.54) is 11.6 Å². The van der Waals surface area contributed by atoms with E-state index in [-0.39, 0.29) is 22.0 Å². The molecular formula is C28H25N4O4S+. The van der Waals surface area contributed by atoms with Crippen LogP contribution in [0.25, 0.3) is 27.0 Å². The number of pyridine rings is 1. The molecule has 0 saturated heterocycles. The Labute approximate surface area is 216 Å². The summed E-state index contributed by atoms with van der Waals surface area (Å²) < 4.78 is 6.29. The molecule has 0 aliphatic heterocycles. The van der Waals surface area contributed by atoms with E-state index in [4.69, 9.17) is 10.3 Å². The maximum atomic E-state index is 13.7. The van der Waals surface area contributed by atoms with E-state index in [1.54, 1.807) is 19.1 Å². The maximum Gasteiger partial charge on any atom is 0.439 e. The predicted octanol–water partition coefficient (Wildman–Crippen LogP) is 4.72. The average molecular weight is 514 g/mol. The number of fused-ring (bicyclic) bond motifs is 1. The number of nitrogens with one attached hydrogen (secondary N) is 1. The summed E-state index contributed by atoms with van der Waals surface area (Å²) in [5.74, 6) is -0.742. The summed E-state index contributed by atoms with van der Waals surface area (Å²) in [6.07, 6.45) is 0.879. The number of ketones is 2. The van der Waals surface area contributed by atoms with Crippen molar-refractivity contribution in [2.24, 2.45) is 0 Å². The fraction of sp³-hybridized carbons (Fsp3) is 0.179. The number of aromatic amines is 1. The summed E-state index contributed by atoms with van der Waals surface area (Å²) in [7, 11) is 0. The Kier molecular flexibility index (Phi) is 6.08. The molecule has 3 aromatic heterocycles. The second-order valence-electron chi connectivity index (χ2n) is 8.91. The van der Waals surface area contributed by atoms with Crippen LogP contribution in [0.15, 0.2) is 57.8 Å². The van der Waals surface area contributed by atoms with Gasteiger partial charge in [0.15, 0.2) is 5.78 Å². The molecule has 0 saturated carbocycles.